The van der Waals surface area contributed by atoms with Gasteiger partial charge in [-0.25, -0.2) is 4.39 Å². The molecule has 2 rings (SSSR count). The molecule has 1 aliphatic rings. The molecule has 0 spiro atoms. The highest BCUT2D eigenvalue weighted by Crippen LogP contribution is 2.21. The summed E-state index contributed by atoms with van der Waals surface area (Å²) in [5, 5.41) is 3.52. The number of rotatable bonds is 2. The van der Waals surface area contributed by atoms with Crippen molar-refractivity contribution in [1.82, 2.24) is 4.90 Å². The van der Waals surface area contributed by atoms with Crippen LogP contribution in [0, 0.1) is 5.82 Å². The summed E-state index contributed by atoms with van der Waals surface area (Å²) in [6, 6.07) is 5.32. The van der Waals surface area contributed by atoms with E-state index in [1.807, 2.05) is 6.07 Å². The van der Waals surface area contributed by atoms with Gasteiger partial charge in [-0.15, -0.1) is 0 Å². The molecule has 1 aromatic carbocycles. The molecule has 0 amide bonds. The number of hydrogen-bond donors (Lipinski definition) is 1. The Hall–Kier alpha value is -0.800. The van der Waals surface area contributed by atoms with Gasteiger partial charge in [0, 0.05) is 11.7 Å². The summed E-state index contributed by atoms with van der Waals surface area (Å²) in [5.41, 5.74) is 0.816. The second kappa shape index (κ2) is 5.02. The van der Waals surface area contributed by atoms with Crippen LogP contribution in [0.15, 0.2) is 18.2 Å². The van der Waals surface area contributed by atoms with Crippen molar-refractivity contribution in [1.29, 1.82) is 0 Å². The minimum atomic E-state index is -0.361. The number of nitrogens with one attached hydrogen (secondary N) is 1. The molecule has 0 saturated carbocycles. The average Bonchev–Trinajstić information content (AvgIpc) is 2.27. The highest BCUT2D eigenvalue weighted by molar-refractivity contribution is 6.30. The van der Waals surface area contributed by atoms with Gasteiger partial charge in [0.2, 0.25) is 0 Å². The van der Waals surface area contributed by atoms with Crippen molar-refractivity contribution in [2.75, 3.05) is 25.5 Å². The van der Waals surface area contributed by atoms with Gasteiger partial charge in [0.05, 0.1) is 5.02 Å². The number of hydrogen-bond acceptors (Lipinski definition) is 2. The van der Waals surface area contributed by atoms with Gasteiger partial charge in [0.15, 0.2) is 0 Å². The first-order valence-electron chi connectivity index (χ1n) is 5.55. The molecule has 1 aliphatic heterocycles. The van der Waals surface area contributed by atoms with E-state index >= 15 is 0 Å². The monoisotopic (exact) mass is 242 g/mol. The number of halogens is 2. The minimum Gasteiger partial charge on any atom is -0.382 e. The Kier molecular flexibility index (Phi) is 3.66. The molecule has 16 heavy (non-hydrogen) atoms. The van der Waals surface area contributed by atoms with Crippen molar-refractivity contribution in [2.24, 2.45) is 0 Å². The SMILES string of the molecule is CN1CCC(Nc2ccc(Cl)c(F)c2)CC1. The van der Waals surface area contributed by atoms with Crippen molar-refractivity contribution in [2.45, 2.75) is 18.9 Å². The first-order chi connectivity index (χ1) is 7.65. The molecule has 1 saturated heterocycles. The molecule has 0 bridgehead atoms. The Morgan fingerprint density at radius 2 is 2.06 bits per heavy atom. The van der Waals surface area contributed by atoms with E-state index in [-0.39, 0.29) is 10.8 Å². The van der Waals surface area contributed by atoms with Crippen molar-refractivity contribution in [3.8, 4) is 0 Å². The van der Waals surface area contributed by atoms with Crippen molar-refractivity contribution in [3.63, 3.8) is 0 Å². The van der Waals surface area contributed by atoms with Crippen molar-refractivity contribution in [3.05, 3.63) is 29.0 Å². The van der Waals surface area contributed by atoms with E-state index in [0.717, 1.165) is 31.6 Å². The van der Waals surface area contributed by atoms with Gasteiger partial charge in [-0.05, 0) is 51.2 Å². The fourth-order valence-electron chi connectivity index (χ4n) is 1.97. The van der Waals surface area contributed by atoms with Gasteiger partial charge in [0.1, 0.15) is 5.82 Å². The molecular weight excluding hydrogens is 227 g/mol. The lowest BCUT2D eigenvalue weighted by molar-refractivity contribution is 0.264. The molecule has 4 heteroatoms. The Balaban J connectivity index is 1.96. The highest BCUT2D eigenvalue weighted by atomic mass is 35.5. The molecular formula is C12H16ClFN2. The predicted octanol–water partition coefficient (Wildman–Crippen LogP) is 2.99. The van der Waals surface area contributed by atoms with Crippen LogP contribution in [0.25, 0.3) is 0 Å². The first-order valence-corrected chi connectivity index (χ1v) is 5.93. The Morgan fingerprint density at radius 3 is 2.69 bits per heavy atom. The predicted molar refractivity (Wildman–Crippen MR) is 65.6 cm³/mol. The molecule has 2 nitrogen and oxygen atoms in total. The van der Waals surface area contributed by atoms with Crippen LogP contribution in [0.3, 0.4) is 0 Å². The second-order valence-electron chi connectivity index (χ2n) is 4.35. The second-order valence-corrected chi connectivity index (χ2v) is 4.76. The van der Waals surface area contributed by atoms with Crippen LogP contribution in [0.2, 0.25) is 5.02 Å². The van der Waals surface area contributed by atoms with Gasteiger partial charge in [-0.2, -0.15) is 0 Å². The fraction of sp³-hybridized carbons (Fsp3) is 0.500. The molecule has 0 aromatic heterocycles. The van der Waals surface area contributed by atoms with Crippen LogP contribution in [0.1, 0.15) is 12.8 Å². The van der Waals surface area contributed by atoms with E-state index in [0.29, 0.717) is 6.04 Å². The zero-order valence-corrected chi connectivity index (χ0v) is 10.1. The zero-order valence-electron chi connectivity index (χ0n) is 9.34. The number of nitrogens with zero attached hydrogens (tertiary/aromatic N) is 1. The Labute approximate surface area is 100 Å². The lowest BCUT2D eigenvalue weighted by atomic mass is 10.1. The number of likely N-dealkylation sites (tertiary alicyclic amines) is 1. The van der Waals surface area contributed by atoms with E-state index < -0.39 is 0 Å². The first kappa shape index (κ1) is 11.7. The van der Waals surface area contributed by atoms with E-state index in [1.54, 1.807) is 6.07 Å². The van der Waals surface area contributed by atoms with Crippen molar-refractivity contribution < 1.29 is 4.39 Å². The normalized spacial score (nSPS) is 18.7. The van der Waals surface area contributed by atoms with Crippen molar-refractivity contribution >= 4 is 17.3 Å². The summed E-state index contributed by atoms with van der Waals surface area (Å²) >= 11 is 5.63. The molecule has 0 atom stereocenters. The minimum absolute atomic E-state index is 0.175. The maximum absolute atomic E-state index is 13.2. The molecule has 0 aliphatic carbocycles. The number of piperidine rings is 1. The van der Waals surface area contributed by atoms with Crippen LogP contribution in [0.5, 0.6) is 0 Å². The maximum atomic E-state index is 13.2. The third-order valence-electron chi connectivity index (χ3n) is 3.01. The van der Waals surface area contributed by atoms with Gasteiger partial charge in [-0.3, -0.25) is 0 Å². The third kappa shape index (κ3) is 2.86. The van der Waals surface area contributed by atoms with E-state index in [1.165, 1.54) is 6.07 Å². The smallest absolute Gasteiger partial charge is 0.143 e. The average molecular weight is 243 g/mol. The van der Waals surface area contributed by atoms with Gasteiger partial charge in [0.25, 0.3) is 0 Å². The number of anilines is 1. The molecule has 1 heterocycles. The van der Waals surface area contributed by atoms with E-state index in [9.17, 15) is 4.39 Å². The summed E-state index contributed by atoms with van der Waals surface area (Å²) in [5.74, 6) is -0.361. The molecule has 1 fully saturated rings. The van der Waals surface area contributed by atoms with Crippen LogP contribution in [-0.4, -0.2) is 31.1 Å². The zero-order chi connectivity index (χ0) is 11.5. The fourth-order valence-corrected chi connectivity index (χ4v) is 2.09. The standard InChI is InChI=1S/C12H16ClFN2/c1-16-6-4-9(5-7-16)15-10-2-3-11(13)12(14)8-10/h2-3,8-9,15H,4-7H2,1H3. The summed E-state index contributed by atoms with van der Waals surface area (Å²) in [7, 11) is 2.12. The quantitative estimate of drug-likeness (QED) is 0.858. The van der Waals surface area contributed by atoms with Crippen LogP contribution < -0.4 is 5.32 Å². The maximum Gasteiger partial charge on any atom is 0.143 e. The lowest BCUT2D eigenvalue weighted by Gasteiger charge is -2.30. The lowest BCUT2D eigenvalue weighted by Crippen LogP contribution is -2.36. The van der Waals surface area contributed by atoms with E-state index in [2.05, 4.69) is 17.3 Å². The summed E-state index contributed by atoms with van der Waals surface area (Å²) in [6.45, 7) is 2.18. The van der Waals surface area contributed by atoms with Gasteiger partial charge in [-0.1, -0.05) is 11.6 Å². The Bertz CT molecular complexity index is 362. The van der Waals surface area contributed by atoms with Crippen LogP contribution in [-0.2, 0) is 0 Å². The van der Waals surface area contributed by atoms with Gasteiger partial charge >= 0.3 is 0 Å². The molecule has 0 radical (unpaired) electrons. The highest BCUT2D eigenvalue weighted by Gasteiger charge is 2.16. The summed E-state index contributed by atoms with van der Waals surface area (Å²) in [6.07, 6.45) is 2.20. The number of benzene rings is 1. The Morgan fingerprint density at radius 1 is 1.38 bits per heavy atom. The third-order valence-corrected chi connectivity index (χ3v) is 3.32. The summed E-state index contributed by atoms with van der Waals surface area (Å²) < 4.78 is 13.2. The largest absolute Gasteiger partial charge is 0.382 e. The molecule has 0 unspecified atom stereocenters. The van der Waals surface area contributed by atoms with Crippen LogP contribution in [0.4, 0.5) is 10.1 Å². The molecule has 1 N–H and O–H groups in total. The van der Waals surface area contributed by atoms with Crippen LogP contribution >= 0.6 is 11.6 Å². The topological polar surface area (TPSA) is 15.3 Å². The molecule has 88 valence electrons. The van der Waals surface area contributed by atoms with E-state index in [4.69, 9.17) is 11.6 Å². The van der Waals surface area contributed by atoms with Gasteiger partial charge < -0.3 is 10.2 Å². The molecule has 1 aromatic rings. The summed E-state index contributed by atoms with van der Waals surface area (Å²) in [4.78, 5) is 2.31.